The van der Waals surface area contributed by atoms with Crippen LogP contribution >= 0.6 is 0 Å². The minimum atomic E-state index is -2.05. The van der Waals surface area contributed by atoms with Gasteiger partial charge in [0.1, 0.15) is 23.4 Å². The number of aliphatic hydroxyl groups is 4. The molecule has 3 fully saturated rings. The Hall–Kier alpha value is -2.32. The average molecular weight is 849 g/mol. The predicted octanol–water partition coefficient (Wildman–Crippen LogP) is 2.82. The Balaban J connectivity index is 2.26. The van der Waals surface area contributed by atoms with E-state index >= 15 is 0 Å². The van der Waals surface area contributed by atoms with E-state index in [9.17, 15) is 39.6 Å². The van der Waals surface area contributed by atoms with Crippen molar-refractivity contribution in [3.63, 3.8) is 0 Å². The lowest BCUT2D eigenvalue weighted by molar-refractivity contribution is -0.368. The molecule has 0 aromatic rings. The highest BCUT2D eigenvalue weighted by molar-refractivity contribution is 5.89. The topological polar surface area (TPSA) is 232 Å². The zero-order valence-electron chi connectivity index (χ0n) is 37.5. The molecule has 0 saturated carbocycles. The number of aliphatic hydroxyl groups excluding tert-OH is 2. The van der Waals surface area contributed by atoms with Crippen LogP contribution in [-0.4, -0.2) is 143 Å². The molecule has 3 aliphatic heterocycles. The molecular formula is C42H72O17. The molecular weight excluding hydrogens is 776 g/mol. The van der Waals surface area contributed by atoms with Crippen molar-refractivity contribution in [3.05, 3.63) is 0 Å². The van der Waals surface area contributed by atoms with Gasteiger partial charge in [-0.05, 0) is 53.9 Å². The van der Waals surface area contributed by atoms with Crippen molar-refractivity contribution in [1.82, 2.24) is 0 Å². The Labute approximate surface area is 349 Å². The van der Waals surface area contributed by atoms with E-state index in [-0.39, 0.29) is 19.3 Å². The molecule has 0 aromatic heterocycles. The van der Waals surface area contributed by atoms with E-state index in [0.29, 0.717) is 0 Å². The fourth-order valence-electron chi connectivity index (χ4n) is 9.25. The number of hydrogen-bond donors (Lipinski definition) is 4. The number of hydrogen-bond acceptors (Lipinski definition) is 17. The number of ether oxygens (including phenoxy) is 9. The molecule has 0 bridgehead atoms. The summed E-state index contributed by atoms with van der Waals surface area (Å²) >= 11 is 0. The third-order valence-electron chi connectivity index (χ3n) is 12.8. The third kappa shape index (κ3) is 11.8. The van der Waals surface area contributed by atoms with Crippen LogP contribution < -0.4 is 0 Å². The Morgan fingerprint density at radius 2 is 1.37 bits per heavy atom. The monoisotopic (exact) mass is 848 g/mol. The van der Waals surface area contributed by atoms with Gasteiger partial charge < -0.3 is 63.1 Å². The lowest BCUT2D eigenvalue weighted by Crippen LogP contribution is -2.61. The first-order valence-electron chi connectivity index (χ1n) is 20.8. The van der Waals surface area contributed by atoms with Crippen LogP contribution in [0.15, 0.2) is 0 Å². The number of rotatable bonds is 10. The van der Waals surface area contributed by atoms with Gasteiger partial charge in [-0.25, -0.2) is 0 Å². The molecule has 0 amide bonds. The maximum Gasteiger partial charge on any atom is 0.311 e. The molecule has 0 aliphatic carbocycles. The highest BCUT2D eigenvalue weighted by Gasteiger charge is 2.54. The molecule has 3 heterocycles. The number of carbonyl (C=O) groups excluding carboxylic acids is 4. The summed E-state index contributed by atoms with van der Waals surface area (Å²) in [4.78, 5) is 53.5. The van der Waals surface area contributed by atoms with Crippen LogP contribution in [-0.2, 0) is 61.8 Å². The number of esters is 3. The van der Waals surface area contributed by atoms with Crippen LogP contribution in [0, 0.1) is 35.5 Å². The number of cyclic esters (lactones) is 1. The highest BCUT2D eigenvalue weighted by atomic mass is 16.7. The van der Waals surface area contributed by atoms with Crippen molar-refractivity contribution in [1.29, 1.82) is 0 Å². The smallest absolute Gasteiger partial charge is 0.311 e. The molecule has 59 heavy (non-hydrogen) atoms. The number of Topliss-reactive ketones (excluding diaryl/α,β-unsaturated/α-hetero) is 1. The SMILES string of the molecule is CO[C@]1(C)C[C@H](O[C@H]2[C@H](C)[C@@H](O[C@@H]3O[C@H](C)C[C@](O)(OC)[C@H]3O)[C@@H](C)C[C@](C)(O)C(=O)[C@H](C)[C@@H](OC(C)=O)[C@@H](C)[C@@H]([C@@H](C)[C@H](C)O)OC(=O)[C@@H]2C)O[C@@H](C)[C@H]1OC(C)=O. The van der Waals surface area contributed by atoms with E-state index in [0.717, 1.165) is 0 Å². The largest absolute Gasteiger partial charge is 0.461 e. The first kappa shape index (κ1) is 51.0. The van der Waals surface area contributed by atoms with Crippen molar-refractivity contribution in [2.24, 2.45) is 35.5 Å². The van der Waals surface area contributed by atoms with E-state index in [1.54, 1.807) is 55.4 Å². The van der Waals surface area contributed by atoms with Gasteiger partial charge in [0, 0.05) is 58.7 Å². The summed E-state index contributed by atoms with van der Waals surface area (Å²) in [5.41, 5.74) is -3.14. The lowest BCUT2D eigenvalue weighted by Gasteiger charge is -2.48. The van der Waals surface area contributed by atoms with Gasteiger partial charge in [0.05, 0.1) is 42.4 Å². The molecule has 3 rings (SSSR count). The predicted molar refractivity (Wildman–Crippen MR) is 209 cm³/mol. The summed E-state index contributed by atoms with van der Waals surface area (Å²) in [5, 5.41) is 45.4. The summed E-state index contributed by atoms with van der Waals surface area (Å²) in [7, 11) is 2.72. The van der Waals surface area contributed by atoms with Crippen LogP contribution in [0.2, 0.25) is 0 Å². The molecule has 17 nitrogen and oxygen atoms in total. The Kier molecular flexibility index (Phi) is 17.5. The Morgan fingerprint density at radius 3 is 1.90 bits per heavy atom. The van der Waals surface area contributed by atoms with Gasteiger partial charge in [-0.2, -0.15) is 0 Å². The minimum absolute atomic E-state index is 0.0462. The zero-order chi connectivity index (χ0) is 45.1. The molecule has 0 radical (unpaired) electrons. The maximum atomic E-state index is 14.6. The van der Waals surface area contributed by atoms with Gasteiger partial charge in [0.2, 0.25) is 0 Å². The summed E-state index contributed by atoms with van der Waals surface area (Å²) < 4.78 is 54.5. The summed E-state index contributed by atoms with van der Waals surface area (Å²) in [5.74, 6) is -10.1. The van der Waals surface area contributed by atoms with Gasteiger partial charge in [0.25, 0.3) is 0 Å². The number of methoxy groups -OCH3 is 2. The molecule has 3 aliphatic rings. The fraction of sp³-hybridized carbons (Fsp3) is 0.905. The van der Waals surface area contributed by atoms with E-state index < -0.39 is 144 Å². The van der Waals surface area contributed by atoms with E-state index in [1.165, 1.54) is 48.8 Å². The number of carbonyl (C=O) groups is 4. The Morgan fingerprint density at radius 1 is 0.780 bits per heavy atom. The van der Waals surface area contributed by atoms with Crippen molar-refractivity contribution in [2.75, 3.05) is 14.2 Å². The van der Waals surface area contributed by atoms with Crippen LogP contribution in [0.4, 0.5) is 0 Å². The second-order valence-electron chi connectivity index (χ2n) is 17.9. The highest BCUT2D eigenvalue weighted by Crippen LogP contribution is 2.41. The second kappa shape index (κ2) is 20.2. The van der Waals surface area contributed by atoms with E-state index in [1.807, 2.05) is 0 Å². The van der Waals surface area contributed by atoms with Crippen LogP contribution in [0.25, 0.3) is 0 Å². The first-order chi connectivity index (χ1) is 27.1. The summed E-state index contributed by atoms with van der Waals surface area (Å²) in [6.45, 7) is 20.4. The summed E-state index contributed by atoms with van der Waals surface area (Å²) in [6.07, 6.45) is -12.2. The zero-order valence-corrected chi connectivity index (χ0v) is 37.5. The van der Waals surface area contributed by atoms with Gasteiger partial charge in [-0.15, -0.1) is 0 Å². The van der Waals surface area contributed by atoms with Crippen molar-refractivity contribution in [2.45, 2.75) is 194 Å². The molecule has 3 saturated heterocycles. The lowest BCUT2D eigenvalue weighted by atomic mass is 9.74. The molecule has 0 spiro atoms. The average Bonchev–Trinajstić information content (AvgIpc) is 3.14. The van der Waals surface area contributed by atoms with Crippen LogP contribution in [0.3, 0.4) is 0 Å². The first-order valence-corrected chi connectivity index (χ1v) is 20.8. The molecule has 0 aromatic carbocycles. The van der Waals surface area contributed by atoms with Gasteiger partial charge in [-0.1, -0.05) is 34.6 Å². The van der Waals surface area contributed by atoms with Gasteiger partial charge in [-0.3, -0.25) is 19.2 Å². The second-order valence-corrected chi connectivity index (χ2v) is 17.9. The fourth-order valence-corrected chi connectivity index (χ4v) is 9.25. The molecule has 4 N–H and O–H groups in total. The van der Waals surface area contributed by atoms with E-state index in [2.05, 4.69) is 0 Å². The Bertz CT molecular complexity index is 1440. The van der Waals surface area contributed by atoms with Crippen molar-refractivity contribution < 1.29 is 82.2 Å². The van der Waals surface area contributed by atoms with Gasteiger partial charge in [0.15, 0.2) is 36.4 Å². The quantitative estimate of drug-likeness (QED) is 0.141. The molecule has 20 atom stereocenters. The van der Waals surface area contributed by atoms with Crippen LogP contribution in [0.5, 0.6) is 0 Å². The van der Waals surface area contributed by atoms with Crippen molar-refractivity contribution >= 4 is 23.7 Å². The maximum absolute atomic E-state index is 14.6. The van der Waals surface area contributed by atoms with Gasteiger partial charge >= 0.3 is 17.9 Å². The van der Waals surface area contributed by atoms with Crippen molar-refractivity contribution in [3.8, 4) is 0 Å². The third-order valence-corrected chi connectivity index (χ3v) is 12.8. The molecule has 342 valence electrons. The molecule has 0 unspecified atom stereocenters. The van der Waals surface area contributed by atoms with E-state index in [4.69, 9.17) is 42.6 Å². The summed E-state index contributed by atoms with van der Waals surface area (Å²) in [6, 6.07) is 0. The minimum Gasteiger partial charge on any atom is -0.461 e. The number of ketones is 1. The normalized spacial score (nSPS) is 45.4. The molecule has 17 heteroatoms. The van der Waals surface area contributed by atoms with Crippen LogP contribution in [0.1, 0.15) is 109 Å². The standard InChI is InChI=1S/C42H72O17/c1-19-16-40(12,49)35(46)24(6)33(55-28(10)44)23(5)32(21(3)26(8)43)58-38(48)25(7)34(57-30-18-41(13,51-14)37(27(9)54-30)56-29(11)45)22(4)31(19)59-39-36(47)42(50,52-15)17-20(2)53-39/h19-27,30-34,36-37,39,43,47,49-50H,16-18H2,1-15H3/t19-,20+,21-,22+,23-,24+,25+,26-,27-,30-,31-,32+,33-,34-,36-,37+,39-,40-,41+,42-/m0/s1.